The van der Waals surface area contributed by atoms with E-state index in [1.165, 1.54) is 0 Å². The van der Waals surface area contributed by atoms with Gasteiger partial charge in [0.1, 0.15) is 11.8 Å². The lowest BCUT2D eigenvalue weighted by atomic mass is 10.1. The molecule has 5 nitrogen and oxygen atoms in total. The molecule has 0 aliphatic heterocycles. The quantitative estimate of drug-likeness (QED) is 0.856. The summed E-state index contributed by atoms with van der Waals surface area (Å²) in [6.45, 7) is 3.72. The second-order valence-corrected chi connectivity index (χ2v) is 5.30. The van der Waals surface area contributed by atoms with Crippen molar-refractivity contribution in [3.63, 3.8) is 0 Å². The molecule has 120 valence electrons. The summed E-state index contributed by atoms with van der Waals surface area (Å²) in [6.07, 6.45) is 0. The number of carbonyl (C=O) groups excluding carboxylic acids is 2. The summed E-state index contributed by atoms with van der Waals surface area (Å²) in [6, 6.07) is 13.6. The van der Waals surface area contributed by atoms with Gasteiger partial charge in [0.25, 0.3) is 5.91 Å². The smallest absolute Gasteiger partial charge is 0.258 e. The summed E-state index contributed by atoms with van der Waals surface area (Å²) in [5, 5.41) is 2.60. The van der Waals surface area contributed by atoms with Gasteiger partial charge in [-0.05, 0) is 36.6 Å². The molecule has 0 unspecified atom stereocenters. The molecule has 0 aliphatic rings. The molecule has 0 fully saturated rings. The number of hydrogen-bond donors (Lipinski definition) is 2. The number of primary amides is 1. The highest BCUT2D eigenvalue weighted by Gasteiger charge is 2.20. The first-order chi connectivity index (χ1) is 11.0. The highest BCUT2D eigenvalue weighted by molar-refractivity contribution is 5.88. The molecular formula is C18H20N2O3. The van der Waals surface area contributed by atoms with Crippen molar-refractivity contribution >= 4 is 11.8 Å². The van der Waals surface area contributed by atoms with Crippen LogP contribution in [0.5, 0.6) is 5.75 Å². The molecule has 0 saturated carbocycles. The van der Waals surface area contributed by atoms with Gasteiger partial charge in [-0.25, -0.2) is 0 Å². The van der Waals surface area contributed by atoms with Crippen LogP contribution in [0.3, 0.4) is 0 Å². The Labute approximate surface area is 135 Å². The molecule has 2 rings (SSSR count). The fraction of sp³-hybridized carbons (Fsp3) is 0.222. The molecule has 0 saturated heterocycles. The van der Waals surface area contributed by atoms with E-state index in [0.29, 0.717) is 11.3 Å². The first kappa shape index (κ1) is 16.5. The largest absolute Gasteiger partial charge is 0.483 e. The van der Waals surface area contributed by atoms with E-state index < -0.39 is 17.9 Å². The van der Waals surface area contributed by atoms with Gasteiger partial charge in [-0.3, -0.25) is 9.59 Å². The minimum atomic E-state index is -0.870. The second kappa shape index (κ2) is 7.45. The maximum Gasteiger partial charge on any atom is 0.258 e. The topological polar surface area (TPSA) is 81.4 Å². The van der Waals surface area contributed by atoms with Crippen LogP contribution in [0.2, 0.25) is 0 Å². The highest BCUT2D eigenvalue weighted by Crippen LogP contribution is 2.20. The third-order valence-electron chi connectivity index (χ3n) is 3.64. The maximum atomic E-state index is 12.1. The van der Waals surface area contributed by atoms with Gasteiger partial charge in [0, 0.05) is 0 Å². The molecule has 0 heterocycles. The molecule has 23 heavy (non-hydrogen) atoms. The Morgan fingerprint density at radius 3 is 2.43 bits per heavy atom. The van der Waals surface area contributed by atoms with Gasteiger partial charge in [0.05, 0.1) is 0 Å². The van der Waals surface area contributed by atoms with E-state index in [4.69, 9.17) is 10.5 Å². The van der Waals surface area contributed by atoms with Crippen molar-refractivity contribution in [1.82, 2.24) is 5.32 Å². The van der Waals surface area contributed by atoms with Crippen molar-refractivity contribution in [2.45, 2.75) is 19.9 Å². The Bertz CT molecular complexity index is 699. The van der Waals surface area contributed by atoms with Crippen LogP contribution in [-0.4, -0.2) is 18.4 Å². The van der Waals surface area contributed by atoms with Gasteiger partial charge in [-0.15, -0.1) is 0 Å². The predicted octanol–water partition coefficient (Wildman–Crippen LogP) is 2.03. The summed E-state index contributed by atoms with van der Waals surface area (Å²) in [5.41, 5.74) is 8.08. The van der Waals surface area contributed by atoms with Crippen LogP contribution in [0.25, 0.3) is 0 Å². The normalized spacial score (nSPS) is 11.6. The average Bonchev–Trinajstić information content (AvgIpc) is 2.54. The van der Waals surface area contributed by atoms with Crippen molar-refractivity contribution in [2.24, 2.45) is 5.73 Å². The zero-order chi connectivity index (χ0) is 16.8. The fourth-order valence-electron chi connectivity index (χ4n) is 2.19. The summed E-state index contributed by atoms with van der Waals surface area (Å²) < 4.78 is 5.53. The van der Waals surface area contributed by atoms with Crippen LogP contribution < -0.4 is 15.8 Å². The molecule has 3 N–H and O–H groups in total. The van der Waals surface area contributed by atoms with Gasteiger partial charge < -0.3 is 15.8 Å². The molecule has 2 aromatic carbocycles. The lowest BCUT2D eigenvalue weighted by molar-refractivity contribution is -0.128. The second-order valence-electron chi connectivity index (χ2n) is 5.30. The van der Waals surface area contributed by atoms with E-state index in [9.17, 15) is 9.59 Å². The zero-order valence-electron chi connectivity index (χ0n) is 13.2. The van der Waals surface area contributed by atoms with Crippen LogP contribution in [0.4, 0.5) is 0 Å². The van der Waals surface area contributed by atoms with Crippen LogP contribution in [0.1, 0.15) is 22.7 Å². The highest BCUT2D eigenvalue weighted by atomic mass is 16.5. The number of carbonyl (C=O) groups is 2. The van der Waals surface area contributed by atoms with Crippen molar-refractivity contribution < 1.29 is 14.3 Å². The van der Waals surface area contributed by atoms with E-state index in [0.717, 1.165) is 11.1 Å². The zero-order valence-corrected chi connectivity index (χ0v) is 13.2. The van der Waals surface area contributed by atoms with E-state index in [2.05, 4.69) is 5.32 Å². The Morgan fingerprint density at radius 1 is 1.09 bits per heavy atom. The molecule has 2 aromatic rings. The third kappa shape index (κ3) is 4.32. The Kier molecular flexibility index (Phi) is 5.36. The summed E-state index contributed by atoms with van der Waals surface area (Å²) in [4.78, 5) is 23.6. The standard InChI is InChI=1S/C18H20N2O3/c1-12-7-6-10-15(13(12)2)23-11-16(21)20-17(18(19)22)14-8-4-3-5-9-14/h3-10,17H,11H2,1-2H3,(H2,19,22)(H,20,21)/t17-/m1/s1. The molecular weight excluding hydrogens is 292 g/mol. The Morgan fingerprint density at radius 2 is 1.78 bits per heavy atom. The van der Waals surface area contributed by atoms with E-state index in [1.807, 2.05) is 32.0 Å². The lowest BCUT2D eigenvalue weighted by Gasteiger charge is -2.16. The number of nitrogens with one attached hydrogen (secondary N) is 1. The molecule has 2 amide bonds. The number of aryl methyl sites for hydroxylation is 1. The van der Waals surface area contributed by atoms with Gasteiger partial charge in [0.15, 0.2) is 6.61 Å². The predicted molar refractivity (Wildman–Crippen MR) is 87.9 cm³/mol. The number of nitrogens with two attached hydrogens (primary N) is 1. The first-order valence-electron chi connectivity index (χ1n) is 7.31. The summed E-state index contributed by atoms with van der Waals surface area (Å²) in [7, 11) is 0. The van der Waals surface area contributed by atoms with Crippen LogP contribution in [0, 0.1) is 13.8 Å². The lowest BCUT2D eigenvalue weighted by Crippen LogP contribution is -2.39. The molecule has 0 bridgehead atoms. The van der Waals surface area contributed by atoms with Crippen molar-refractivity contribution in [3.8, 4) is 5.75 Å². The number of amides is 2. The van der Waals surface area contributed by atoms with Gasteiger partial charge in [-0.2, -0.15) is 0 Å². The van der Waals surface area contributed by atoms with Gasteiger partial charge in [0.2, 0.25) is 5.91 Å². The Balaban J connectivity index is 2.00. The molecule has 0 radical (unpaired) electrons. The van der Waals surface area contributed by atoms with E-state index in [1.54, 1.807) is 30.3 Å². The average molecular weight is 312 g/mol. The molecule has 1 atom stereocenters. The van der Waals surface area contributed by atoms with Crippen LogP contribution in [-0.2, 0) is 9.59 Å². The minimum Gasteiger partial charge on any atom is -0.483 e. The first-order valence-corrected chi connectivity index (χ1v) is 7.31. The number of ether oxygens (including phenoxy) is 1. The minimum absolute atomic E-state index is 0.180. The number of hydrogen-bond acceptors (Lipinski definition) is 3. The molecule has 0 aliphatic carbocycles. The van der Waals surface area contributed by atoms with Crippen molar-refractivity contribution in [2.75, 3.05) is 6.61 Å². The maximum absolute atomic E-state index is 12.1. The summed E-state index contributed by atoms with van der Waals surface area (Å²) in [5.74, 6) is -0.370. The number of rotatable bonds is 6. The molecule has 0 spiro atoms. The van der Waals surface area contributed by atoms with Crippen LogP contribution in [0.15, 0.2) is 48.5 Å². The number of benzene rings is 2. The third-order valence-corrected chi connectivity index (χ3v) is 3.64. The van der Waals surface area contributed by atoms with Crippen molar-refractivity contribution in [3.05, 3.63) is 65.2 Å². The monoisotopic (exact) mass is 312 g/mol. The molecule has 5 heteroatoms. The van der Waals surface area contributed by atoms with E-state index in [-0.39, 0.29) is 6.61 Å². The van der Waals surface area contributed by atoms with Crippen LogP contribution >= 0.6 is 0 Å². The summed E-state index contributed by atoms with van der Waals surface area (Å²) >= 11 is 0. The SMILES string of the molecule is Cc1cccc(OCC(=O)N[C@@H](C(N)=O)c2ccccc2)c1C. The van der Waals surface area contributed by atoms with Gasteiger partial charge in [-0.1, -0.05) is 42.5 Å². The molecule has 0 aromatic heterocycles. The van der Waals surface area contributed by atoms with E-state index >= 15 is 0 Å². The fourth-order valence-corrected chi connectivity index (χ4v) is 2.19. The Hall–Kier alpha value is -2.82. The van der Waals surface area contributed by atoms with Gasteiger partial charge >= 0.3 is 0 Å². The van der Waals surface area contributed by atoms with Crippen molar-refractivity contribution in [1.29, 1.82) is 0 Å².